The summed E-state index contributed by atoms with van der Waals surface area (Å²) in [5, 5.41) is 10.5. The zero-order valence-corrected chi connectivity index (χ0v) is 17.2. The number of para-hydroxylation sites is 2. The molecule has 1 amide bonds. The minimum absolute atomic E-state index is 0.0710. The summed E-state index contributed by atoms with van der Waals surface area (Å²) in [7, 11) is 0. The van der Waals surface area contributed by atoms with Crippen LogP contribution in [0.3, 0.4) is 0 Å². The van der Waals surface area contributed by atoms with E-state index < -0.39 is 0 Å². The van der Waals surface area contributed by atoms with Crippen LogP contribution in [0.2, 0.25) is 0 Å². The van der Waals surface area contributed by atoms with Gasteiger partial charge in [0, 0.05) is 0 Å². The third kappa shape index (κ3) is 4.23. The zero-order valence-electron chi connectivity index (χ0n) is 16.4. The quantitative estimate of drug-likeness (QED) is 0.550. The van der Waals surface area contributed by atoms with Gasteiger partial charge in [-0.3, -0.25) is 9.69 Å². The maximum absolute atomic E-state index is 13.3. The fourth-order valence-corrected chi connectivity index (χ4v) is 4.01. The second-order valence-corrected chi connectivity index (χ2v) is 7.49. The Hall–Kier alpha value is -3.51. The molecule has 1 heterocycles. The van der Waals surface area contributed by atoms with Gasteiger partial charge in [-0.1, -0.05) is 42.5 Å². The van der Waals surface area contributed by atoms with E-state index in [2.05, 4.69) is 0 Å². The van der Waals surface area contributed by atoms with Crippen LogP contribution < -0.4 is 9.64 Å². The summed E-state index contributed by atoms with van der Waals surface area (Å²) in [5.41, 5.74) is 2.30. The molecule has 0 aliphatic carbocycles. The molecular weight excluding hydrogens is 396 g/mol. The van der Waals surface area contributed by atoms with Crippen LogP contribution in [0.1, 0.15) is 12.5 Å². The first-order valence-electron chi connectivity index (χ1n) is 9.54. The predicted molar refractivity (Wildman–Crippen MR) is 122 cm³/mol. The number of aliphatic imine (C=N–C) groups is 1. The van der Waals surface area contributed by atoms with Gasteiger partial charge in [0.25, 0.3) is 5.91 Å². The van der Waals surface area contributed by atoms with Gasteiger partial charge in [-0.15, -0.1) is 0 Å². The molecule has 0 saturated carbocycles. The Balaban J connectivity index is 1.74. The standard InChI is InChI=1S/C24H20N2O3S/c1-2-29-21-15-17(13-14-20(21)27)16-22-23(28)26(19-11-7-4-8-12-19)24(30-22)25-18-9-5-3-6-10-18/h3-16,27H,2H2,1H3/b22-16-,25-24?. The number of rotatable bonds is 5. The Morgan fingerprint density at radius 2 is 1.73 bits per heavy atom. The van der Waals surface area contributed by atoms with Gasteiger partial charge in [0.05, 0.1) is 22.9 Å². The van der Waals surface area contributed by atoms with E-state index in [4.69, 9.17) is 9.73 Å². The van der Waals surface area contributed by atoms with Crippen LogP contribution in [0.5, 0.6) is 11.5 Å². The lowest BCUT2D eigenvalue weighted by atomic mass is 10.2. The van der Waals surface area contributed by atoms with Crippen LogP contribution in [0.25, 0.3) is 6.08 Å². The third-order valence-electron chi connectivity index (χ3n) is 4.38. The van der Waals surface area contributed by atoms with E-state index in [1.54, 1.807) is 29.2 Å². The van der Waals surface area contributed by atoms with Crippen LogP contribution in [0.15, 0.2) is 88.8 Å². The van der Waals surface area contributed by atoms with Crippen LogP contribution in [-0.4, -0.2) is 22.8 Å². The van der Waals surface area contributed by atoms with Crippen molar-refractivity contribution in [1.29, 1.82) is 0 Å². The summed E-state index contributed by atoms with van der Waals surface area (Å²) in [6, 6.07) is 24.1. The molecule has 0 spiro atoms. The smallest absolute Gasteiger partial charge is 0.271 e. The number of nitrogens with zero attached hydrogens (tertiary/aromatic N) is 2. The molecule has 0 aromatic heterocycles. The molecule has 1 aliphatic heterocycles. The van der Waals surface area contributed by atoms with Crippen molar-refractivity contribution < 1.29 is 14.6 Å². The van der Waals surface area contributed by atoms with Gasteiger partial charge in [0.2, 0.25) is 0 Å². The topological polar surface area (TPSA) is 62.1 Å². The summed E-state index contributed by atoms with van der Waals surface area (Å²) in [6.07, 6.45) is 1.79. The lowest BCUT2D eigenvalue weighted by Crippen LogP contribution is -2.28. The molecule has 1 fully saturated rings. The molecule has 1 N–H and O–H groups in total. The van der Waals surface area contributed by atoms with Gasteiger partial charge in [0.15, 0.2) is 16.7 Å². The molecule has 6 heteroatoms. The summed E-state index contributed by atoms with van der Waals surface area (Å²) in [4.78, 5) is 20.1. The molecule has 3 aromatic rings. The van der Waals surface area contributed by atoms with Crippen molar-refractivity contribution in [2.24, 2.45) is 4.99 Å². The van der Waals surface area contributed by atoms with Crippen molar-refractivity contribution in [2.75, 3.05) is 11.5 Å². The van der Waals surface area contributed by atoms with Gasteiger partial charge in [-0.05, 0) is 66.7 Å². The van der Waals surface area contributed by atoms with Gasteiger partial charge in [0.1, 0.15) is 0 Å². The molecule has 5 nitrogen and oxygen atoms in total. The Morgan fingerprint density at radius 1 is 1.03 bits per heavy atom. The van der Waals surface area contributed by atoms with E-state index in [1.165, 1.54) is 11.8 Å². The second-order valence-electron chi connectivity index (χ2n) is 6.48. The normalized spacial score (nSPS) is 16.4. The van der Waals surface area contributed by atoms with Crippen molar-refractivity contribution in [3.8, 4) is 11.5 Å². The van der Waals surface area contributed by atoms with E-state index in [0.29, 0.717) is 22.4 Å². The van der Waals surface area contributed by atoms with Crippen molar-refractivity contribution in [3.63, 3.8) is 0 Å². The minimum Gasteiger partial charge on any atom is -0.504 e. The number of carbonyl (C=O) groups is 1. The first-order chi connectivity index (χ1) is 14.7. The van der Waals surface area contributed by atoms with Gasteiger partial charge in [-0.2, -0.15) is 0 Å². The Bertz CT molecular complexity index is 1110. The van der Waals surface area contributed by atoms with E-state index in [1.807, 2.05) is 67.6 Å². The van der Waals surface area contributed by atoms with Crippen molar-refractivity contribution >= 4 is 40.3 Å². The van der Waals surface area contributed by atoms with Gasteiger partial charge < -0.3 is 9.84 Å². The van der Waals surface area contributed by atoms with Crippen LogP contribution in [0, 0.1) is 0 Å². The molecule has 1 aliphatic rings. The molecule has 3 aromatic carbocycles. The number of benzene rings is 3. The van der Waals surface area contributed by atoms with Crippen LogP contribution in [-0.2, 0) is 4.79 Å². The SMILES string of the molecule is CCOc1cc(/C=C2\SC(=Nc3ccccc3)N(c3ccccc3)C2=O)ccc1O. The minimum atomic E-state index is -0.146. The first kappa shape index (κ1) is 19.8. The van der Waals surface area contributed by atoms with E-state index in [-0.39, 0.29) is 11.7 Å². The number of amidine groups is 1. The number of anilines is 1. The van der Waals surface area contributed by atoms with Gasteiger partial charge in [-0.25, -0.2) is 4.99 Å². The van der Waals surface area contributed by atoms with E-state index >= 15 is 0 Å². The number of ether oxygens (including phenoxy) is 1. The maximum Gasteiger partial charge on any atom is 0.271 e. The van der Waals surface area contributed by atoms with E-state index in [0.717, 1.165) is 16.9 Å². The molecular formula is C24H20N2O3S. The summed E-state index contributed by atoms with van der Waals surface area (Å²) >= 11 is 1.32. The number of aromatic hydroxyl groups is 1. The Labute approximate surface area is 179 Å². The zero-order chi connectivity index (χ0) is 20.9. The third-order valence-corrected chi connectivity index (χ3v) is 5.35. The average molecular weight is 417 g/mol. The number of hydrogen-bond acceptors (Lipinski definition) is 5. The summed E-state index contributed by atoms with van der Waals surface area (Å²) < 4.78 is 5.45. The molecule has 0 atom stereocenters. The number of hydrogen-bond donors (Lipinski definition) is 1. The van der Waals surface area contributed by atoms with Crippen molar-refractivity contribution in [3.05, 3.63) is 89.3 Å². The average Bonchev–Trinajstić information content (AvgIpc) is 3.06. The van der Waals surface area contributed by atoms with Gasteiger partial charge >= 0.3 is 0 Å². The second kappa shape index (κ2) is 8.88. The van der Waals surface area contributed by atoms with Crippen molar-refractivity contribution in [1.82, 2.24) is 0 Å². The fourth-order valence-electron chi connectivity index (χ4n) is 3.01. The molecule has 0 unspecified atom stereocenters. The Kier molecular flexibility index (Phi) is 5.86. The monoisotopic (exact) mass is 416 g/mol. The molecule has 4 rings (SSSR count). The highest BCUT2D eigenvalue weighted by Gasteiger charge is 2.34. The number of phenolic OH excluding ortho intramolecular Hbond substituents is 1. The lowest BCUT2D eigenvalue weighted by Gasteiger charge is -2.15. The van der Waals surface area contributed by atoms with Crippen LogP contribution >= 0.6 is 11.8 Å². The highest BCUT2D eigenvalue weighted by molar-refractivity contribution is 8.19. The number of thioether (sulfide) groups is 1. The maximum atomic E-state index is 13.3. The lowest BCUT2D eigenvalue weighted by molar-refractivity contribution is -0.113. The largest absolute Gasteiger partial charge is 0.504 e. The molecule has 30 heavy (non-hydrogen) atoms. The molecule has 0 bridgehead atoms. The highest BCUT2D eigenvalue weighted by Crippen LogP contribution is 2.38. The Morgan fingerprint density at radius 3 is 2.43 bits per heavy atom. The molecule has 1 saturated heterocycles. The van der Waals surface area contributed by atoms with Crippen LogP contribution in [0.4, 0.5) is 11.4 Å². The summed E-state index contributed by atoms with van der Waals surface area (Å²) in [5.74, 6) is 0.314. The number of phenols is 1. The fraction of sp³-hybridized carbons (Fsp3) is 0.0833. The van der Waals surface area contributed by atoms with E-state index in [9.17, 15) is 9.90 Å². The summed E-state index contributed by atoms with van der Waals surface area (Å²) in [6.45, 7) is 2.29. The predicted octanol–water partition coefficient (Wildman–Crippen LogP) is 5.60. The highest BCUT2D eigenvalue weighted by atomic mass is 32.2. The molecule has 150 valence electrons. The molecule has 0 radical (unpaired) electrons. The van der Waals surface area contributed by atoms with Crippen molar-refractivity contribution in [2.45, 2.75) is 6.92 Å². The first-order valence-corrected chi connectivity index (χ1v) is 10.4. The number of carbonyl (C=O) groups excluding carboxylic acids is 1. The number of amides is 1.